The summed E-state index contributed by atoms with van der Waals surface area (Å²) in [5.74, 6) is 0.0660. The molecule has 56 valence electrons. The van der Waals surface area contributed by atoms with Gasteiger partial charge in [-0.2, -0.15) is 0 Å². The zero-order chi connectivity index (χ0) is 7.71. The first-order valence-corrected chi connectivity index (χ1v) is 3.42. The third-order valence-corrected chi connectivity index (χ3v) is 1.91. The topological polar surface area (TPSA) is 46.2 Å². The molecule has 0 aliphatic carbocycles. The van der Waals surface area contributed by atoms with Gasteiger partial charge in [0.1, 0.15) is 5.72 Å². The fourth-order valence-electron chi connectivity index (χ4n) is 0.200. The van der Waals surface area contributed by atoms with Crippen LogP contribution < -0.4 is 5.73 Å². The molecule has 1 unspecified atom stereocenters. The van der Waals surface area contributed by atoms with Crippen LogP contribution in [0, 0.1) is 5.41 Å². The van der Waals surface area contributed by atoms with Gasteiger partial charge in [0, 0.05) is 5.41 Å². The van der Waals surface area contributed by atoms with Gasteiger partial charge in [-0.15, -0.1) is 11.6 Å². The first kappa shape index (κ1) is 9.21. The van der Waals surface area contributed by atoms with Crippen LogP contribution in [0.2, 0.25) is 0 Å². The van der Waals surface area contributed by atoms with Gasteiger partial charge in [-0.1, -0.05) is 20.8 Å². The van der Waals surface area contributed by atoms with E-state index in [0.717, 1.165) is 0 Å². The Balaban J connectivity index is 4.14. The van der Waals surface area contributed by atoms with Crippen LogP contribution in [0.5, 0.6) is 0 Å². The van der Waals surface area contributed by atoms with E-state index in [1.54, 1.807) is 0 Å². The monoisotopic (exact) mass is 151 g/mol. The van der Waals surface area contributed by atoms with Crippen molar-refractivity contribution in [2.75, 3.05) is 5.88 Å². The second-order valence-electron chi connectivity index (χ2n) is 3.31. The third-order valence-electron chi connectivity index (χ3n) is 1.50. The number of alkyl halides is 1. The standard InChI is InChI=1S/C6H14ClNO/c1-5(2,3)6(8,9)4-7/h9H,4,8H2,1-3H3. The van der Waals surface area contributed by atoms with Gasteiger partial charge in [0.25, 0.3) is 0 Å². The highest BCUT2D eigenvalue weighted by atomic mass is 35.5. The van der Waals surface area contributed by atoms with E-state index >= 15 is 0 Å². The summed E-state index contributed by atoms with van der Waals surface area (Å²) in [7, 11) is 0. The number of nitrogens with two attached hydrogens (primary N) is 1. The Kier molecular flexibility index (Phi) is 2.50. The van der Waals surface area contributed by atoms with Crippen LogP contribution in [0.3, 0.4) is 0 Å². The highest BCUT2D eigenvalue weighted by molar-refractivity contribution is 6.18. The minimum Gasteiger partial charge on any atom is -0.374 e. The maximum atomic E-state index is 9.31. The van der Waals surface area contributed by atoms with Crippen molar-refractivity contribution in [2.45, 2.75) is 26.5 Å². The quantitative estimate of drug-likeness (QED) is 0.433. The highest BCUT2D eigenvalue weighted by Gasteiger charge is 2.34. The second kappa shape index (κ2) is 2.45. The molecule has 2 nitrogen and oxygen atoms in total. The first-order chi connectivity index (χ1) is 3.81. The van der Waals surface area contributed by atoms with Crippen LogP contribution in [0.4, 0.5) is 0 Å². The van der Waals surface area contributed by atoms with Crippen molar-refractivity contribution in [3.8, 4) is 0 Å². The molecule has 0 saturated heterocycles. The average Bonchev–Trinajstić information content (AvgIpc) is 1.64. The molecule has 0 spiro atoms. The number of hydrogen-bond donors (Lipinski definition) is 2. The van der Waals surface area contributed by atoms with Crippen molar-refractivity contribution >= 4 is 11.6 Å². The van der Waals surface area contributed by atoms with Crippen LogP contribution in [-0.2, 0) is 0 Å². The minimum atomic E-state index is -1.26. The number of aliphatic hydroxyl groups is 1. The average molecular weight is 152 g/mol. The lowest BCUT2D eigenvalue weighted by atomic mass is 9.85. The molecule has 1 atom stereocenters. The SMILES string of the molecule is CC(C)(C)C(N)(O)CCl. The van der Waals surface area contributed by atoms with Crippen molar-refractivity contribution in [1.29, 1.82) is 0 Å². The van der Waals surface area contributed by atoms with Crippen molar-refractivity contribution in [1.82, 2.24) is 0 Å². The van der Waals surface area contributed by atoms with Gasteiger partial charge in [0.05, 0.1) is 5.88 Å². The fraction of sp³-hybridized carbons (Fsp3) is 1.00. The highest BCUT2D eigenvalue weighted by Crippen LogP contribution is 2.26. The first-order valence-electron chi connectivity index (χ1n) is 2.88. The van der Waals surface area contributed by atoms with E-state index < -0.39 is 5.72 Å². The van der Waals surface area contributed by atoms with Gasteiger partial charge >= 0.3 is 0 Å². The summed E-state index contributed by atoms with van der Waals surface area (Å²) >= 11 is 5.40. The predicted molar refractivity (Wildman–Crippen MR) is 39.3 cm³/mol. The van der Waals surface area contributed by atoms with E-state index in [-0.39, 0.29) is 11.3 Å². The molecule has 0 radical (unpaired) electrons. The fourth-order valence-corrected chi connectivity index (χ4v) is 0.601. The summed E-state index contributed by atoms with van der Waals surface area (Å²) in [6.45, 7) is 5.53. The molecule has 0 rings (SSSR count). The van der Waals surface area contributed by atoms with Crippen LogP contribution in [0.25, 0.3) is 0 Å². The zero-order valence-electron chi connectivity index (χ0n) is 6.11. The maximum absolute atomic E-state index is 9.31. The van der Waals surface area contributed by atoms with Gasteiger partial charge in [0.15, 0.2) is 0 Å². The van der Waals surface area contributed by atoms with E-state index in [9.17, 15) is 5.11 Å². The summed E-state index contributed by atoms with van der Waals surface area (Å²) < 4.78 is 0. The minimum absolute atomic E-state index is 0.0660. The van der Waals surface area contributed by atoms with E-state index in [1.165, 1.54) is 0 Å². The molecule has 0 aromatic rings. The van der Waals surface area contributed by atoms with Crippen LogP contribution in [0.15, 0.2) is 0 Å². The molecule has 0 fully saturated rings. The Bertz CT molecular complexity index is 95.7. The van der Waals surface area contributed by atoms with Crippen molar-refractivity contribution in [3.63, 3.8) is 0 Å². The van der Waals surface area contributed by atoms with Crippen molar-refractivity contribution in [2.24, 2.45) is 11.1 Å². The molecular formula is C6H14ClNO. The molecule has 0 heterocycles. The molecule has 3 N–H and O–H groups in total. The Labute approximate surface area is 61.0 Å². The Morgan fingerprint density at radius 2 is 1.78 bits per heavy atom. The molecule has 0 aliphatic rings. The molecule has 0 bridgehead atoms. The maximum Gasteiger partial charge on any atom is 0.132 e. The third kappa shape index (κ3) is 2.12. The molecule has 0 amide bonds. The lowest BCUT2D eigenvalue weighted by Crippen LogP contribution is -2.52. The van der Waals surface area contributed by atoms with E-state index in [0.29, 0.717) is 0 Å². The lowest BCUT2D eigenvalue weighted by Gasteiger charge is -2.34. The number of hydrogen-bond acceptors (Lipinski definition) is 2. The van der Waals surface area contributed by atoms with Gasteiger partial charge < -0.3 is 10.8 Å². The van der Waals surface area contributed by atoms with Crippen molar-refractivity contribution < 1.29 is 5.11 Å². The molecule has 3 heteroatoms. The summed E-state index contributed by atoms with van der Waals surface area (Å²) in [6.07, 6.45) is 0. The molecule has 0 aromatic heterocycles. The Morgan fingerprint density at radius 1 is 1.44 bits per heavy atom. The predicted octanol–water partition coefficient (Wildman–Crippen LogP) is 0.919. The second-order valence-corrected chi connectivity index (χ2v) is 3.58. The van der Waals surface area contributed by atoms with Crippen LogP contribution >= 0.6 is 11.6 Å². The van der Waals surface area contributed by atoms with Crippen LogP contribution in [-0.4, -0.2) is 16.7 Å². The molecule has 0 aromatic carbocycles. The Hall–Kier alpha value is 0.210. The molecule has 0 aliphatic heterocycles. The number of halogens is 1. The summed E-state index contributed by atoms with van der Waals surface area (Å²) in [4.78, 5) is 0. The van der Waals surface area contributed by atoms with E-state index in [1.807, 2.05) is 20.8 Å². The lowest BCUT2D eigenvalue weighted by molar-refractivity contribution is -0.0320. The van der Waals surface area contributed by atoms with Crippen LogP contribution in [0.1, 0.15) is 20.8 Å². The number of rotatable bonds is 1. The summed E-state index contributed by atoms with van der Waals surface area (Å²) in [6, 6.07) is 0. The van der Waals surface area contributed by atoms with E-state index in [4.69, 9.17) is 17.3 Å². The smallest absolute Gasteiger partial charge is 0.132 e. The summed E-state index contributed by atoms with van der Waals surface area (Å²) in [5.41, 5.74) is 3.81. The molecule has 0 saturated carbocycles. The van der Waals surface area contributed by atoms with E-state index in [2.05, 4.69) is 0 Å². The van der Waals surface area contributed by atoms with Gasteiger partial charge in [0.2, 0.25) is 0 Å². The normalized spacial score (nSPS) is 19.3. The zero-order valence-corrected chi connectivity index (χ0v) is 6.87. The van der Waals surface area contributed by atoms with Crippen molar-refractivity contribution in [3.05, 3.63) is 0 Å². The molecule has 9 heavy (non-hydrogen) atoms. The largest absolute Gasteiger partial charge is 0.374 e. The van der Waals surface area contributed by atoms with Gasteiger partial charge in [-0.3, -0.25) is 0 Å². The van der Waals surface area contributed by atoms with Gasteiger partial charge in [-0.05, 0) is 0 Å². The Morgan fingerprint density at radius 3 is 1.78 bits per heavy atom. The molecular weight excluding hydrogens is 138 g/mol. The van der Waals surface area contributed by atoms with Gasteiger partial charge in [-0.25, -0.2) is 0 Å². The summed E-state index contributed by atoms with van der Waals surface area (Å²) in [5, 5.41) is 9.31.